The topological polar surface area (TPSA) is 41.6 Å². The van der Waals surface area contributed by atoms with E-state index >= 15 is 0 Å². The van der Waals surface area contributed by atoms with Crippen LogP contribution in [0.15, 0.2) is 48.5 Å². The van der Waals surface area contributed by atoms with Crippen LogP contribution in [0, 0.1) is 0 Å². The largest absolute Gasteiger partial charge is 0.489 e. The lowest BCUT2D eigenvalue weighted by atomic mass is 10.1. The molecule has 3 rings (SSSR count). The van der Waals surface area contributed by atoms with Crippen LogP contribution in [0.25, 0.3) is 0 Å². The summed E-state index contributed by atoms with van der Waals surface area (Å²) < 4.78 is 5.75. The average Bonchev–Trinajstić information content (AvgIpc) is 2.68. The lowest BCUT2D eigenvalue weighted by Gasteiger charge is -2.26. The smallest absolute Gasteiger partial charge is 0.251 e. The maximum absolute atomic E-state index is 12.2. The van der Waals surface area contributed by atoms with Gasteiger partial charge in [0.25, 0.3) is 5.91 Å². The van der Waals surface area contributed by atoms with Gasteiger partial charge >= 0.3 is 0 Å². The Morgan fingerprint density at radius 3 is 2.50 bits per heavy atom. The number of nitrogens with zero attached hydrogens (tertiary/aromatic N) is 1. The monoisotopic (exact) mass is 372 g/mol. The van der Waals surface area contributed by atoms with Crippen LogP contribution in [-0.4, -0.2) is 37.0 Å². The van der Waals surface area contributed by atoms with Crippen LogP contribution in [0.5, 0.6) is 5.75 Å². The molecule has 0 saturated carbocycles. The summed E-state index contributed by atoms with van der Waals surface area (Å²) in [7, 11) is 0. The third-order valence-corrected chi connectivity index (χ3v) is 5.00. The van der Waals surface area contributed by atoms with Crippen LogP contribution in [0.4, 0.5) is 0 Å². The normalized spacial score (nSPS) is 14.8. The van der Waals surface area contributed by atoms with Gasteiger partial charge in [0.2, 0.25) is 0 Å². The molecule has 4 nitrogen and oxygen atoms in total. The van der Waals surface area contributed by atoms with Crippen molar-refractivity contribution in [3.63, 3.8) is 0 Å². The van der Waals surface area contributed by atoms with Crippen molar-refractivity contribution in [1.29, 1.82) is 0 Å². The van der Waals surface area contributed by atoms with E-state index in [-0.39, 0.29) is 5.91 Å². The minimum atomic E-state index is -0.0420. The zero-order valence-electron chi connectivity index (χ0n) is 14.9. The number of hydrogen-bond donors (Lipinski definition) is 1. The number of nitrogens with one attached hydrogen (secondary N) is 1. The van der Waals surface area contributed by atoms with E-state index in [2.05, 4.69) is 10.2 Å². The Labute approximate surface area is 160 Å². The molecule has 1 aliphatic rings. The molecular formula is C21H25ClN2O2. The van der Waals surface area contributed by atoms with E-state index in [1.807, 2.05) is 36.4 Å². The first-order valence-electron chi connectivity index (χ1n) is 9.19. The van der Waals surface area contributed by atoms with Crippen LogP contribution in [0.3, 0.4) is 0 Å². The summed E-state index contributed by atoms with van der Waals surface area (Å²) in [5, 5.41) is 3.68. The molecule has 1 saturated heterocycles. The number of hydrogen-bond acceptors (Lipinski definition) is 3. The third kappa shape index (κ3) is 5.48. The first kappa shape index (κ1) is 18.7. The standard InChI is InChI=1S/C21H25ClN2O2/c22-20-7-3-2-6-18(20)16-26-19-10-8-17(9-11-19)21(25)23-12-15-24-13-4-1-5-14-24/h2-3,6-11H,1,4-5,12-16H2,(H,23,25). The Hall–Kier alpha value is -2.04. The molecule has 0 aliphatic carbocycles. The van der Waals surface area contributed by atoms with Crippen LogP contribution in [0.2, 0.25) is 5.02 Å². The molecule has 2 aromatic carbocycles. The number of ether oxygens (including phenoxy) is 1. The van der Waals surface area contributed by atoms with E-state index in [1.165, 1.54) is 19.3 Å². The Morgan fingerprint density at radius 2 is 1.77 bits per heavy atom. The first-order valence-corrected chi connectivity index (χ1v) is 9.57. The summed E-state index contributed by atoms with van der Waals surface area (Å²) in [6, 6.07) is 14.8. The van der Waals surface area contributed by atoms with Crippen LogP contribution in [-0.2, 0) is 6.61 Å². The first-order chi connectivity index (χ1) is 12.7. The van der Waals surface area contributed by atoms with Crippen molar-refractivity contribution in [2.45, 2.75) is 25.9 Å². The van der Waals surface area contributed by atoms with E-state index in [0.717, 1.165) is 30.9 Å². The van der Waals surface area contributed by atoms with Gasteiger partial charge in [0.05, 0.1) is 0 Å². The number of amides is 1. The lowest BCUT2D eigenvalue weighted by molar-refractivity contribution is 0.0946. The van der Waals surface area contributed by atoms with Gasteiger partial charge in [0, 0.05) is 29.2 Å². The molecule has 0 atom stereocenters. The highest BCUT2D eigenvalue weighted by Crippen LogP contribution is 2.19. The second-order valence-corrected chi connectivity index (χ2v) is 6.97. The quantitative estimate of drug-likeness (QED) is 0.794. The highest BCUT2D eigenvalue weighted by atomic mass is 35.5. The summed E-state index contributed by atoms with van der Waals surface area (Å²) >= 11 is 6.13. The Morgan fingerprint density at radius 1 is 1.04 bits per heavy atom. The Kier molecular flexibility index (Phi) is 6.92. The molecule has 1 N–H and O–H groups in total. The van der Waals surface area contributed by atoms with E-state index in [9.17, 15) is 4.79 Å². The lowest BCUT2D eigenvalue weighted by Crippen LogP contribution is -2.37. The van der Waals surface area contributed by atoms with Crippen molar-refractivity contribution in [3.8, 4) is 5.75 Å². The van der Waals surface area contributed by atoms with Crippen molar-refractivity contribution >= 4 is 17.5 Å². The van der Waals surface area contributed by atoms with Gasteiger partial charge in [-0.1, -0.05) is 36.2 Å². The third-order valence-electron chi connectivity index (χ3n) is 4.63. The summed E-state index contributed by atoms with van der Waals surface area (Å²) in [6.07, 6.45) is 3.86. The molecular weight excluding hydrogens is 348 g/mol. The van der Waals surface area contributed by atoms with Gasteiger partial charge < -0.3 is 15.0 Å². The van der Waals surface area contributed by atoms with Crippen molar-refractivity contribution in [1.82, 2.24) is 10.2 Å². The van der Waals surface area contributed by atoms with Crippen LogP contribution >= 0.6 is 11.6 Å². The molecule has 26 heavy (non-hydrogen) atoms. The minimum absolute atomic E-state index is 0.0420. The molecule has 1 heterocycles. The summed E-state index contributed by atoms with van der Waals surface area (Å²) in [5.41, 5.74) is 1.59. The number of benzene rings is 2. The second kappa shape index (κ2) is 9.60. The van der Waals surface area contributed by atoms with Crippen molar-refractivity contribution in [3.05, 3.63) is 64.7 Å². The number of likely N-dealkylation sites (tertiary alicyclic amines) is 1. The maximum Gasteiger partial charge on any atom is 0.251 e. The zero-order chi connectivity index (χ0) is 18.2. The van der Waals surface area contributed by atoms with Crippen molar-refractivity contribution in [2.24, 2.45) is 0 Å². The van der Waals surface area contributed by atoms with Gasteiger partial charge in [0.1, 0.15) is 12.4 Å². The summed E-state index contributed by atoms with van der Waals surface area (Å²) in [6.45, 7) is 4.30. The second-order valence-electron chi connectivity index (χ2n) is 6.56. The predicted molar refractivity (Wildman–Crippen MR) is 105 cm³/mol. The molecule has 1 fully saturated rings. The van der Waals surface area contributed by atoms with Gasteiger partial charge in [-0.2, -0.15) is 0 Å². The molecule has 0 bridgehead atoms. The molecule has 1 aliphatic heterocycles. The number of carbonyl (C=O) groups is 1. The number of halogens is 1. The molecule has 138 valence electrons. The summed E-state index contributed by atoms with van der Waals surface area (Å²) in [4.78, 5) is 14.6. The number of piperidine rings is 1. The highest BCUT2D eigenvalue weighted by Gasteiger charge is 2.11. The van der Waals surface area contributed by atoms with Crippen molar-refractivity contribution < 1.29 is 9.53 Å². The van der Waals surface area contributed by atoms with Gasteiger partial charge in [-0.05, 0) is 56.3 Å². The average molecular weight is 373 g/mol. The van der Waals surface area contributed by atoms with Crippen LogP contribution < -0.4 is 10.1 Å². The molecule has 0 radical (unpaired) electrons. The fourth-order valence-corrected chi connectivity index (χ4v) is 3.28. The molecule has 1 amide bonds. The van der Waals surface area contributed by atoms with Crippen molar-refractivity contribution in [2.75, 3.05) is 26.2 Å². The maximum atomic E-state index is 12.2. The Bertz CT molecular complexity index is 712. The molecule has 5 heteroatoms. The molecule has 0 aromatic heterocycles. The molecule has 0 spiro atoms. The SMILES string of the molecule is O=C(NCCN1CCCCC1)c1ccc(OCc2ccccc2Cl)cc1. The Balaban J connectivity index is 1.44. The summed E-state index contributed by atoms with van der Waals surface area (Å²) in [5.74, 6) is 0.675. The fraction of sp³-hybridized carbons (Fsp3) is 0.381. The minimum Gasteiger partial charge on any atom is -0.489 e. The van der Waals surface area contributed by atoms with Gasteiger partial charge in [-0.3, -0.25) is 4.79 Å². The molecule has 2 aromatic rings. The van der Waals surface area contributed by atoms with E-state index in [4.69, 9.17) is 16.3 Å². The fourth-order valence-electron chi connectivity index (χ4n) is 3.09. The van der Waals surface area contributed by atoms with Gasteiger partial charge in [0.15, 0.2) is 0 Å². The molecule has 0 unspecified atom stereocenters. The number of rotatable bonds is 7. The van der Waals surface area contributed by atoms with E-state index < -0.39 is 0 Å². The van der Waals surface area contributed by atoms with E-state index in [0.29, 0.717) is 23.7 Å². The number of carbonyl (C=O) groups excluding carboxylic acids is 1. The van der Waals surface area contributed by atoms with Gasteiger partial charge in [-0.15, -0.1) is 0 Å². The highest BCUT2D eigenvalue weighted by molar-refractivity contribution is 6.31. The zero-order valence-corrected chi connectivity index (χ0v) is 15.7. The van der Waals surface area contributed by atoms with Gasteiger partial charge in [-0.25, -0.2) is 0 Å². The predicted octanol–water partition coefficient (Wildman–Crippen LogP) is 4.13. The van der Waals surface area contributed by atoms with E-state index in [1.54, 1.807) is 12.1 Å². The van der Waals surface area contributed by atoms with Crippen LogP contribution in [0.1, 0.15) is 35.2 Å².